The van der Waals surface area contributed by atoms with Gasteiger partial charge in [-0.05, 0) is 31.0 Å². The van der Waals surface area contributed by atoms with Crippen LogP contribution in [-0.4, -0.2) is 22.8 Å². The second-order valence-electron chi connectivity index (χ2n) is 5.14. The van der Waals surface area contributed by atoms with Crippen molar-refractivity contribution in [3.8, 4) is 0 Å². The Kier molecular flexibility index (Phi) is 5.00. The van der Waals surface area contributed by atoms with Crippen LogP contribution < -0.4 is 0 Å². The van der Waals surface area contributed by atoms with Crippen LogP contribution in [0, 0.1) is 11.7 Å². The highest BCUT2D eigenvalue weighted by atomic mass is 35.5. The van der Waals surface area contributed by atoms with Gasteiger partial charge >= 0.3 is 0 Å². The molecule has 0 saturated carbocycles. The Morgan fingerprint density at radius 3 is 2.75 bits per heavy atom. The number of nitrogens with zero attached hydrogens (tertiary/aromatic N) is 2. The summed E-state index contributed by atoms with van der Waals surface area (Å²) in [4.78, 5) is 4.49. The summed E-state index contributed by atoms with van der Waals surface area (Å²) < 4.78 is 21.1. The van der Waals surface area contributed by atoms with E-state index in [1.807, 2.05) is 11.5 Å². The van der Waals surface area contributed by atoms with Crippen molar-refractivity contribution in [2.45, 2.75) is 32.7 Å². The largest absolute Gasteiger partial charge is 0.380 e. The zero-order valence-corrected chi connectivity index (χ0v) is 12.8. The molecular weight excluding hydrogens is 279 g/mol. The molecule has 3 nitrogen and oxygen atoms in total. The summed E-state index contributed by atoms with van der Waals surface area (Å²) in [6.07, 6.45) is 0. The summed E-state index contributed by atoms with van der Waals surface area (Å²) in [6, 6.07) is 4.72. The molecule has 2 aromatic rings. The van der Waals surface area contributed by atoms with Crippen LogP contribution >= 0.6 is 11.6 Å². The lowest BCUT2D eigenvalue weighted by Crippen LogP contribution is -2.22. The Bertz CT molecular complexity index is 583. The van der Waals surface area contributed by atoms with E-state index in [0.717, 1.165) is 16.9 Å². The molecule has 5 heteroatoms. The number of hydrogen-bond donors (Lipinski definition) is 0. The smallest absolute Gasteiger partial charge is 0.125 e. The predicted octanol–water partition coefficient (Wildman–Crippen LogP) is 4.15. The van der Waals surface area contributed by atoms with Crippen molar-refractivity contribution >= 4 is 22.6 Å². The molecule has 0 spiro atoms. The number of fused-ring (bicyclic) bond motifs is 1. The van der Waals surface area contributed by atoms with Crippen molar-refractivity contribution in [1.82, 2.24) is 9.55 Å². The second kappa shape index (κ2) is 6.55. The van der Waals surface area contributed by atoms with E-state index in [1.165, 1.54) is 12.1 Å². The molecule has 0 N–H and O–H groups in total. The molecule has 1 unspecified atom stereocenters. The third-order valence-electron chi connectivity index (χ3n) is 3.44. The topological polar surface area (TPSA) is 27.1 Å². The van der Waals surface area contributed by atoms with Gasteiger partial charge in [0.2, 0.25) is 0 Å². The Balaban J connectivity index is 2.55. The minimum atomic E-state index is -0.265. The molecule has 0 amide bonds. The standard InChI is InChI=1S/C15H20ClFN2O/c1-4-20-9-14(10(2)3)19-13-7-11(17)5-6-12(13)18-15(19)8-16/h5-7,10,14H,4,8-9H2,1-3H3. The molecular formula is C15H20ClFN2O. The summed E-state index contributed by atoms with van der Waals surface area (Å²) in [6.45, 7) is 7.42. The first-order valence-electron chi connectivity index (χ1n) is 6.88. The van der Waals surface area contributed by atoms with Gasteiger partial charge in [-0.25, -0.2) is 9.37 Å². The Morgan fingerprint density at radius 1 is 1.40 bits per heavy atom. The normalized spacial score (nSPS) is 13.3. The SMILES string of the molecule is CCOCC(C(C)C)n1c(CCl)nc2ccc(F)cc21. The van der Waals surface area contributed by atoms with Gasteiger partial charge in [-0.3, -0.25) is 0 Å². The molecule has 1 aromatic heterocycles. The van der Waals surface area contributed by atoms with Gasteiger partial charge in [0.15, 0.2) is 0 Å². The van der Waals surface area contributed by atoms with Gasteiger partial charge in [-0.1, -0.05) is 13.8 Å². The van der Waals surface area contributed by atoms with Gasteiger partial charge in [0.1, 0.15) is 11.6 Å². The van der Waals surface area contributed by atoms with E-state index < -0.39 is 0 Å². The highest BCUT2D eigenvalue weighted by Gasteiger charge is 2.22. The average Bonchev–Trinajstić information content (AvgIpc) is 2.77. The Labute approximate surface area is 123 Å². The fourth-order valence-corrected chi connectivity index (χ4v) is 2.57. The predicted molar refractivity (Wildman–Crippen MR) is 79.6 cm³/mol. The molecule has 20 heavy (non-hydrogen) atoms. The fraction of sp³-hybridized carbons (Fsp3) is 0.533. The minimum Gasteiger partial charge on any atom is -0.380 e. The van der Waals surface area contributed by atoms with Crippen LogP contribution in [0.3, 0.4) is 0 Å². The summed E-state index contributed by atoms with van der Waals surface area (Å²) >= 11 is 6.01. The van der Waals surface area contributed by atoms with E-state index in [1.54, 1.807) is 6.07 Å². The zero-order valence-electron chi connectivity index (χ0n) is 12.1. The molecule has 0 fully saturated rings. The van der Waals surface area contributed by atoms with Gasteiger partial charge in [-0.15, -0.1) is 11.6 Å². The highest BCUT2D eigenvalue weighted by Crippen LogP contribution is 2.28. The number of ether oxygens (including phenoxy) is 1. The van der Waals surface area contributed by atoms with Crippen LogP contribution in [0.25, 0.3) is 11.0 Å². The first-order chi connectivity index (χ1) is 9.58. The first kappa shape index (κ1) is 15.3. The summed E-state index contributed by atoms with van der Waals surface area (Å²) in [7, 11) is 0. The number of benzene rings is 1. The molecule has 0 aliphatic rings. The van der Waals surface area contributed by atoms with Gasteiger partial charge in [0, 0.05) is 6.61 Å². The van der Waals surface area contributed by atoms with Gasteiger partial charge in [-0.2, -0.15) is 0 Å². The van der Waals surface area contributed by atoms with E-state index >= 15 is 0 Å². The van der Waals surface area contributed by atoms with Crippen molar-refractivity contribution in [3.63, 3.8) is 0 Å². The molecule has 1 heterocycles. The van der Waals surface area contributed by atoms with Crippen molar-refractivity contribution < 1.29 is 9.13 Å². The molecule has 0 aliphatic carbocycles. The van der Waals surface area contributed by atoms with Gasteiger partial charge in [0.05, 0.1) is 29.6 Å². The van der Waals surface area contributed by atoms with Crippen LogP contribution in [0.15, 0.2) is 18.2 Å². The summed E-state index contributed by atoms with van der Waals surface area (Å²) in [5, 5.41) is 0. The minimum absolute atomic E-state index is 0.0931. The zero-order chi connectivity index (χ0) is 14.7. The number of aromatic nitrogens is 2. The quantitative estimate of drug-likeness (QED) is 0.749. The van der Waals surface area contributed by atoms with Crippen molar-refractivity contribution in [1.29, 1.82) is 0 Å². The monoisotopic (exact) mass is 298 g/mol. The van der Waals surface area contributed by atoms with E-state index in [9.17, 15) is 4.39 Å². The number of halogens is 2. The maximum Gasteiger partial charge on any atom is 0.125 e. The highest BCUT2D eigenvalue weighted by molar-refractivity contribution is 6.16. The Morgan fingerprint density at radius 2 is 2.15 bits per heavy atom. The lowest BCUT2D eigenvalue weighted by Gasteiger charge is -2.24. The van der Waals surface area contributed by atoms with E-state index in [2.05, 4.69) is 18.8 Å². The van der Waals surface area contributed by atoms with Gasteiger partial charge < -0.3 is 9.30 Å². The molecule has 1 atom stereocenters. The molecule has 1 aromatic carbocycles. The fourth-order valence-electron chi connectivity index (χ4n) is 2.38. The number of imidazole rings is 1. The average molecular weight is 299 g/mol. The van der Waals surface area contributed by atoms with Crippen LogP contribution in [0.4, 0.5) is 4.39 Å². The maximum absolute atomic E-state index is 13.5. The van der Waals surface area contributed by atoms with Crippen molar-refractivity contribution in [2.75, 3.05) is 13.2 Å². The molecule has 0 radical (unpaired) electrons. The van der Waals surface area contributed by atoms with E-state index in [-0.39, 0.29) is 11.9 Å². The van der Waals surface area contributed by atoms with Gasteiger partial charge in [0.25, 0.3) is 0 Å². The van der Waals surface area contributed by atoms with E-state index in [0.29, 0.717) is 25.0 Å². The lowest BCUT2D eigenvalue weighted by atomic mass is 10.0. The van der Waals surface area contributed by atoms with Crippen LogP contribution in [0.1, 0.15) is 32.6 Å². The third kappa shape index (κ3) is 2.96. The van der Waals surface area contributed by atoms with E-state index in [4.69, 9.17) is 16.3 Å². The van der Waals surface area contributed by atoms with Crippen LogP contribution in [0.5, 0.6) is 0 Å². The molecule has 0 aliphatic heterocycles. The maximum atomic E-state index is 13.5. The second-order valence-corrected chi connectivity index (χ2v) is 5.40. The Hall–Kier alpha value is -1.13. The molecule has 110 valence electrons. The molecule has 0 saturated heterocycles. The van der Waals surface area contributed by atoms with Crippen LogP contribution in [-0.2, 0) is 10.6 Å². The molecule has 0 bridgehead atoms. The molecule has 2 rings (SSSR count). The summed E-state index contributed by atoms with van der Waals surface area (Å²) in [5.41, 5.74) is 1.54. The van der Waals surface area contributed by atoms with Crippen LogP contribution in [0.2, 0.25) is 0 Å². The number of rotatable bonds is 6. The third-order valence-corrected chi connectivity index (χ3v) is 3.68. The summed E-state index contributed by atoms with van der Waals surface area (Å²) in [5.74, 6) is 1.12. The van der Waals surface area contributed by atoms with Crippen molar-refractivity contribution in [2.24, 2.45) is 5.92 Å². The first-order valence-corrected chi connectivity index (χ1v) is 7.42. The number of alkyl halides is 1. The van der Waals surface area contributed by atoms with Crippen molar-refractivity contribution in [3.05, 3.63) is 29.8 Å². The number of hydrogen-bond acceptors (Lipinski definition) is 2. The lowest BCUT2D eigenvalue weighted by molar-refractivity contribution is 0.0970.